The summed E-state index contributed by atoms with van der Waals surface area (Å²) in [5.74, 6) is 0.656. The summed E-state index contributed by atoms with van der Waals surface area (Å²) < 4.78 is 11.9. The third-order valence-corrected chi connectivity index (χ3v) is 5.34. The van der Waals surface area contributed by atoms with Gasteiger partial charge in [-0.3, -0.25) is 4.79 Å². The van der Waals surface area contributed by atoms with Crippen LogP contribution in [0.15, 0.2) is 47.1 Å². The number of benzene rings is 2. The quantitative estimate of drug-likeness (QED) is 0.319. The first-order chi connectivity index (χ1) is 14.5. The highest BCUT2D eigenvalue weighted by Crippen LogP contribution is 2.40. The van der Waals surface area contributed by atoms with Crippen molar-refractivity contribution in [2.75, 3.05) is 13.2 Å². The first-order valence-electron chi connectivity index (χ1n) is 10.4. The molecule has 1 N–H and O–H groups in total. The molecule has 1 amide bonds. The Hall–Kier alpha value is -2.72. The largest absolute Gasteiger partial charge is 0.493 e. The van der Waals surface area contributed by atoms with Crippen molar-refractivity contribution in [2.45, 2.75) is 40.5 Å². The van der Waals surface area contributed by atoms with E-state index in [0.29, 0.717) is 18.2 Å². The van der Waals surface area contributed by atoms with Crippen molar-refractivity contribution in [2.24, 2.45) is 0 Å². The molecule has 0 bridgehead atoms. The Morgan fingerprint density at radius 3 is 2.63 bits per heavy atom. The summed E-state index contributed by atoms with van der Waals surface area (Å²) in [4.78, 5) is 12.3. The number of nitrogens with one attached hydrogen (secondary N) is 1. The molecule has 1 heterocycles. The van der Waals surface area contributed by atoms with Crippen LogP contribution in [-0.4, -0.2) is 19.1 Å². The number of rotatable bonds is 8. The molecule has 5 heteroatoms. The van der Waals surface area contributed by atoms with Gasteiger partial charge in [0.1, 0.15) is 11.3 Å². The molecule has 0 saturated heterocycles. The fraction of sp³-hybridized carbons (Fsp3) is 0.320. The summed E-state index contributed by atoms with van der Waals surface area (Å²) in [5, 5.41) is 4.61. The molecule has 4 nitrogen and oxygen atoms in total. The summed E-state index contributed by atoms with van der Waals surface area (Å²) in [6.45, 7) is 9.18. The van der Waals surface area contributed by atoms with Gasteiger partial charge in [0.25, 0.3) is 0 Å². The molecule has 0 radical (unpaired) electrons. The molecular weight excluding hydrogens is 398 g/mol. The predicted octanol–water partition coefficient (Wildman–Crippen LogP) is 6.78. The molecule has 1 aromatic heterocycles. The van der Waals surface area contributed by atoms with Gasteiger partial charge in [-0.05, 0) is 56.5 Å². The van der Waals surface area contributed by atoms with Crippen molar-refractivity contribution in [1.29, 1.82) is 0 Å². The van der Waals surface area contributed by atoms with Gasteiger partial charge in [-0.1, -0.05) is 37.1 Å². The summed E-state index contributed by atoms with van der Waals surface area (Å²) >= 11 is 6.05. The number of ether oxygens (including phenoxy) is 1. The van der Waals surface area contributed by atoms with Crippen LogP contribution < -0.4 is 10.1 Å². The highest BCUT2D eigenvalue weighted by molar-refractivity contribution is 6.30. The third kappa shape index (κ3) is 4.71. The third-order valence-electron chi connectivity index (χ3n) is 5.09. The molecular formula is C25H28ClNO3. The first kappa shape index (κ1) is 22.0. The average Bonchev–Trinajstić information content (AvgIpc) is 3.15. The number of carbonyl (C=O) groups is 1. The second-order valence-electron chi connectivity index (χ2n) is 7.32. The monoisotopic (exact) mass is 425 g/mol. The number of amides is 1. The molecule has 3 aromatic rings. The fourth-order valence-corrected chi connectivity index (χ4v) is 3.63. The highest BCUT2D eigenvalue weighted by Gasteiger charge is 2.19. The summed E-state index contributed by atoms with van der Waals surface area (Å²) in [7, 11) is 0. The van der Waals surface area contributed by atoms with E-state index in [4.69, 9.17) is 20.8 Å². The Bertz CT molecular complexity index is 1060. The van der Waals surface area contributed by atoms with E-state index in [1.54, 1.807) is 12.3 Å². The van der Waals surface area contributed by atoms with Crippen LogP contribution in [0.5, 0.6) is 5.75 Å². The SMILES string of the molecule is CCCCNC(=O)/C=C(\C)c1cc2c(-c3ccc(Cl)cc3)coc2c(C)c1OCC. The lowest BCUT2D eigenvalue weighted by Gasteiger charge is -2.15. The lowest BCUT2D eigenvalue weighted by Crippen LogP contribution is -2.22. The maximum Gasteiger partial charge on any atom is 0.244 e. The van der Waals surface area contributed by atoms with Crippen molar-refractivity contribution in [3.8, 4) is 16.9 Å². The average molecular weight is 426 g/mol. The van der Waals surface area contributed by atoms with Crippen molar-refractivity contribution >= 4 is 34.1 Å². The Labute approximate surface area is 182 Å². The number of hydrogen-bond donors (Lipinski definition) is 1. The lowest BCUT2D eigenvalue weighted by atomic mass is 9.96. The van der Waals surface area contributed by atoms with Gasteiger partial charge in [-0.25, -0.2) is 0 Å². The molecule has 0 atom stereocenters. The smallest absolute Gasteiger partial charge is 0.244 e. The number of hydrogen-bond acceptors (Lipinski definition) is 3. The van der Waals surface area contributed by atoms with Crippen LogP contribution in [0.25, 0.3) is 27.7 Å². The minimum atomic E-state index is -0.0914. The maximum atomic E-state index is 12.3. The molecule has 0 saturated carbocycles. The van der Waals surface area contributed by atoms with Crippen LogP contribution in [0.4, 0.5) is 0 Å². The number of carbonyl (C=O) groups excluding carboxylic acids is 1. The number of unbranched alkanes of at least 4 members (excludes halogenated alkanes) is 1. The van der Waals surface area contributed by atoms with E-state index >= 15 is 0 Å². The van der Waals surface area contributed by atoms with E-state index in [1.807, 2.05) is 51.1 Å². The molecule has 0 unspecified atom stereocenters. The Kier molecular flexibility index (Phi) is 7.22. The van der Waals surface area contributed by atoms with Gasteiger partial charge in [0.05, 0.1) is 12.9 Å². The van der Waals surface area contributed by atoms with Crippen molar-refractivity contribution in [3.63, 3.8) is 0 Å². The van der Waals surface area contributed by atoms with Crippen LogP contribution in [0.3, 0.4) is 0 Å². The van der Waals surface area contributed by atoms with E-state index in [2.05, 4.69) is 12.2 Å². The maximum absolute atomic E-state index is 12.3. The minimum absolute atomic E-state index is 0.0914. The number of furan rings is 1. The molecule has 0 aliphatic rings. The van der Waals surface area contributed by atoms with Gasteiger partial charge in [-0.15, -0.1) is 0 Å². The van der Waals surface area contributed by atoms with Gasteiger partial charge in [0.15, 0.2) is 0 Å². The molecule has 30 heavy (non-hydrogen) atoms. The second-order valence-corrected chi connectivity index (χ2v) is 7.75. The minimum Gasteiger partial charge on any atom is -0.493 e. The van der Waals surface area contributed by atoms with Crippen molar-refractivity contribution in [3.05, 3.63) is 58.8 Å². The van der Waals surface area contributed by atoms with Gasteiger partial charge in [0.2, 0.25) is 5.91 Å². The van der Waals surface area contributed by atoms with E-state index < -0.39 is 0 Å². The zero-order chi connectivity index (χ0) is 21.7. The van der Waals surface area contributed by atoms with Gasteiger partial charge in [-0.2, -0.15) is 0 Å². The van der Waals surface area contributed by atoms with E-state index in [0.717, 1.165) is 57.4 Å². The molecule has 0 fully saturated rings. The van der Waals surface area contributed by atoms with Gasteiger partial charge in [0, 0.05) is 39.7 Å². The lowest BCUT2D eigenvalue weighted by molar-refractivity contribution is -0.116. The van der Waals surface area contributed by atoms with Gasteiger partial charge < -0.3 is 14.5 Å². The normalized spacial score (nSPS) is 11.7. The van der Waals surface area contributed by atoms with Crippen LogP contribution in [0.2, 0.25) is 5.02 Å². The molecule has 0 aliphatic heterocycles. The zero-order valence-corrected chi connectivity index (χ0v) is 18.7. The fourth-order valence-electron chi connectivity index (χ4n) is 3.51. The molecule has 2 aromatic carbocycles. The molecule has 0 spiro atoms. The van der Waals surface area contributed by atoms with Crippen LogP contribution in [0.1, 0.15) is 44.7 Å². The van der Waals surface area contributed by atoms with Gasteiger partial charge >= 0.3 is 0 Å². The van der Waals surface area contributed by atoms with Crippen molar-refractivity contribution < 1.29 is 13.9 Å². The first-order valence-corrected chi connectivity index (χ1v) is 10.7. The number of fused-ring (bicyclic) bond motifs is 1. The number of aryl methyl sites for hydroxylation is 1. The molecule has 158 valence electrons. The van der Waals surface area contributed by atoms with E-state index in [9.17, 15) is 4.79 Å². The Morgan fingerprint density at radius 1 is 1.23 bits per heavy atom. The van der Waals surface area contributed by atoms with Crippen LogP contribution >= 0.6 is 11.6 Å². The number of halogens is 1. The van der Waals surface area contributed by atoms with E-state index in [-0.39, 0.29) is 5.91 Å². The topological polar surface area (TPSA) is 51.5 Å². The summed E-state index contributed by atoms with van der Waals surface area (Å²) in [5.41, 5.74) is 5.45. The van der Waals surface area contributed by atoms with Crippen molar-refractivity contribution in [1.82, 2.24) is 5.32 Å². The second kappa shape index (κ2) is 9.86. The Morgan fingerprint density at radius 2 is 1.97 bits per heavy atom. The standard InChI is InChI=1S/C25H28ClNO3/c1-5-7-12-27-23(28)13-16(3)20-14-21-22(18-8-10-19(26)11-9-18)15-30-25(21)17(4)24(20)29-6-2/h8-11,13-15H,5-7,12H2,1-4H3,(H,27,28)/b16-13+. The predicted molar refractivity (Wildman–Crippen MR) is 124 cm³/mol. The Balaban J connectivity index is 2.09. The summed E-state index contributed by atoms with van der Waals surface area (Å²) in [6.07, 6.45) is 5.41. The molecule has 0 aliphatic carbocycles. The number of allylic oxidation sites excluding steroid dienone is 1. The summed E-state index contributed by atoms with van der Waals surface area (Å²) in [6, 6.07) is 9.73. The zero-order valence-electron chi connectivity index (χ0n) is 18.0. The van der Waals surface area contributed by atoms with Crippen LogP contribution in [0, 0.1) is 6.92 Å². The van der Waals surface area contributed by atoms with E-state index in [1.165, 1.54) is 0 Å². The van der Waals surface area contributed by atoms with Crippen LogP contribution in [-0.2, 0) is 4.79 Å². The highest BCUT2D eigenvalue weighted by atomic mass is 35.5. The molecule has 3 rings (SSSR count).